The number of methoxy groups -OCH3 is 2. The maximum absolute atomic E-state index is 13.1. The molecule has 2 aliphatic carbocycles. The first-order chi connectivity index (χ1) is 16.1. The summed E-state index contributed by atoms with van der Waals surface area (Å²) in [4.78, 5) is 28.4. The molecule has 0 aromatic heterocycles. The van der Waals surface area contributed by atoms with E-state index >= 15 is 0 Å². The van der Waals surface area contributed by atoms with Crippen LogP contribution in [0.5, 0.6) is 0 Å². The number of hydrogen-bond donors (Lipinski definition) is 3. The molecule has 4 fully saturated rings. The fourth-order valence-electron chi connectivity index (χ4n) is 6.23. The van der Waals surface area contributed by atoms with Crippen LogP contribution in [0.1, 0.15) is 51.4 Å². The predicted molar refractivity (Wildman–Crippen MR) is 125 cm³/mol. The molecular formula is C24H43N5O4. The molecule has 2 aliphatic heterocycles. The molecule has 4 rings (SSSR count). The molecule has 4 aliphatic rings. The fraction of sp³-hybridized carbons (Fsp3) is 0.917. The van der Waals surface area contributed by atoms with Crippen LogP contribution < -0.4 is 16.0 Å². The van der Waals surface area contributed by atoms with Crippen LogP contribution in [0.4, 0.5) is 4.79 Å². The van der Waals surface area contributed by atoms with E-state index in [0.717, 1.165) is 44.7 Å². The van der Waals surface area contributed by atoms with Crippen molar-refractivity contribution in [3.05, 3.63) is 0 Å². The van der Waals surface area contributed by atoms with E-state index in [1.807, 2.05) is 12.0 Å². The molecule has 2 amide bonds. The number of hydrogen-bond acceptors (Lipinski definition) is 7. The third-order valence-electron chi connectivity index (χ3n) is 8.34. The number of carbonyl (C=O) groups is 2. The molecule has 33 heavy (non-hydrogen) atoms. The van der Waals surface area contributed by atoms with Crippen LogP contribution in [-0.4, -0.2) is 93.7 Å². The van der Waals surface area contributed by atoms with Crippen LogP contribution in [0.3, 0.4) is 0 Å². The van der Waals surface area contributed by atoms with Crippen molar-refractivity contribution >= 4 is 12.0 Å². The summed E-state index contributed by atoms with van der Waals surface area (Å²) in [6.07, 6.45) is 9.24. The summed E-state index contributed by atoms with van der Waals surface area (Å²) in [5, 5.41) is 11.1. The lowest BCUT2D eigenvalue weighted by Gasteiger charge is -2.41. The maximum atomic E-state index is 13.1. The van der Waals surface area contributed by atoms with E-state index in [2.05, 4.69) is 16.0 Å². The van der Waals surface area contributed by atoms with Crippen molar-refractivity contribution in [3.8, 4) is 0 Å². The standard InChI is InChI=1S/C24H43N5O4/c1-32-21-8-6-17(7-9-21)19-15-25-23(26-16-19)27-20-5-3-4-18(14-20)22(30)28-10-12-29(13-11-28)24(31)33-2/h17-21,23,25-27H,3-16H2,1-2H3. The highest BCUT2D eigenvalue weighted by Gasteiger charge is 2.35. The minimum absolute atomic E-state index is 0.0771. The van der Waals surface area contributed by atoms with E-state index in [-0.39, 0.29) is 24.2 Å². The number of piperazine rings is 1. The van der Waals surface area contributed by atoms with E-state index < -0.39 is 0 Å². The molecule has 0 bridgehead atoms. The molecule has 2 saturated heterocycles. The lowest BCUT2D eigenvalue weighted by molar-refractivity contribution is -0.138. The zero-order chi connectivity index (χ0) is 23.2. The highest BCUT2D eigenvalue weighted by Crippen LogP contribution is 2.32. The second-order valence-electron chi connectivity index (χ2n) is 10.3. The van der Waals surface area contributed by atoms with Crippen LogP contribution in [0.2, 0.25) is 0 Å². The van der Waals surface area contributed by atoms with Gasteiger partial charge in [-0.1, -0.05) is 6.42 Å². The molecule has 0 aromatic carbocycles. The van der Waals surface area contributed by atoms with Gasteiger partial charge in [0.05, 0.1) is 13.2 Å². The van der Waals surface area contributed by atoms with Crippen molar-refractivity contribution in [3.63, 3.8) is 0 Å². The van der Waals surface area contributed by atoms with Gasteiger partial charge in [-0.25, -0.2) is 4.79 Å². The molecule has 2 unspecified atom stereocenters. The molecule has 9 nitrogen and oxygen atoms in total. The van der Waals surface area contributed by atoms with E-state index in [9.17, 15) is 9.59 Å². The molecule has 0 radical (unpaired) electrons. The third-order valence-corrected chi connectivity index (χ3v) is 8.34. The van der Waals surface area contributed by atoms with E-state index in [4.69, 9.17) is 9.47 Å². The molecule has 2 atom stereocenters. The van der Waals surface area contributed by atoms with Gasteiger partial charge in [0.2, 0.25) is 5.91 Å². The van der Waals surface area contributed by atoms with Gasteiger partial charge in [-0.15, -0.1) is 0 Å². The first kappa shape index (κ1) is 24.7. The van der Waals surface area contributed by atoms with Crippen molar-refractivity contribution in [1.29, 1.82) is 0 Å². The van der Waals surface area contributed by atoms with Gasteiger partial charge in [-0.2, -0.15) is 0 Å². The highest BCUT2D eigenvalue weighted by atomic mass is 16.5. The van der Waals surface area contributed by atoms with Crippen LogP contribution >= 0.6 is 0 Å². The minimum Gasteiger partial charge on any atom is -0.453 e. The van der Waals surface area contributed by atoms with Crippen molar-refractivity contribution in [2.24, 2.45) is 17.8 Å². The number of nitrogens with one attached hydrogen (secondary N) is 3. The Hall–Kier alpha value is -1.42. The largest absolute Gasteiger partial charge is 0.453 e. The molecule has 0 aromatic rings. The second kappa shape index (κ2) is 11.8. The minimum atomic E-state index is -0.304. The SMILES string of the molecule is COC(=O)N1CCN(C(=O)C2CCCC(NC3NCC(C4CCC(OC)CC4)CN3)C2)CC1. The predicted octanol–water partition coefficient (Wildman–Crippen LogP) is 1.34. The summed E-state index contributed by atoms with van der Waals surface area (Å²) in [7, 11) is 3.23. The Morgan fingerprint density at radius 1 is 0.848 bits per heavy atom. The smallest absolute Gasteiger partial charge is 0.409 e. The normalized spacial score (nSPS) is 35.8. The number of ether oxygens (including phenoxy) is 2. The van der Waals surface area contributed by atoms with Gasteiger partial charge in [-0.05, 0) is 56.8 Å². The average Bonchev–Trinajstić information content (AvgIpc) is 2.88. The van der Waals surface area contributed by atoms with Gasteiger partial charge in [0.25, 0.3) is 0 Å². The second-order valence-corrected chi connectivity index (χ2v) is 10.3. The van der Waals surface area contributed by atoms with E-state index in [1.54, 1.807) is 4.90 Å². The Bertz CT molecular complexity index is 641. The molecule has 2 saturated carbocycles. The van der Waals surface area contributed by atoms with Crippen molar-refractivity contribution < 1.29 is 19.1 Å². The Morgan fingerprint density at radius 2 is 1.52 bits per heavy atom. The van der Waals surface area contributed by atoms with Crippen LogP contribution in [-0.2, 0) is 14.3 Å². The summed E-state index contributed by atoms with van der Waals surface area (Å²) in [5.41, 5.74) is 0. The van der Waals surface area contributed by atoms with Crippen molar-refractivity contribution in [1.82, 2.24) is 25.8 Å². The Kier molecular flexibility index (Phi) is 8.85. The average molecular weight is 466 g/mol. The van der Waals surface area contributed by atoms with E-state index in [1.165, 1.54) is 32.8 Å². The lowest BCUT2D eigenvalue weighted by Crippen LogP contribution is -2.63. The Labute approximate surface area is 198 Å². The molecular weight excluding hydrogens is 422 g/mol. The van der Waals surface area contributed by atoms with Crippen molar-refractivity contribution in [2.45, 2.75) is 69.8 Å². The zero-order valence-electron chi connectivity index (χ0n) is 20.4. The van der Waals surface area contributed by atoms with Crippen LogP contribution in [0.25, 0.3) is 0 Å². The molecule has 188 valence electrons. The van der Waals surface area contributed by atoms with Crippen LogP contribution in [0.15, 0.2) is 0 Å². The van der Waals surface area contributed by atoms with Gasteiger partial charge >= 0.3 is 6.09 Å². The van der Waals surface area contributed by atoms with Crippen LogP contribution in [0, 0.1) is 17.8 Å². The highest BCUT2D eigenvalue weighted by molar-refractivity contribution is 5.79. The first-order valence-corrected chi connectivity index (χ1v) is 12.9. The van der Waals surface area contributed by atoms with Gasteiger partial charge in [-0.3, -0.25) is 20.7 Å². The summed E-state index contributed by atoms with van der Waals surface area (Å²) < 4.78 is 10.3. The molecule has 3 N–H and O–H groups in total. The van der Waals surface area contributed by atoms with Gasteiger partial charge in [0.1, 0.15) is 6.29 Å². The third kappa shape index (κ3) is 6.38. The number of nitrogens with zero attached hydrogens (tertiary/aromatic N) is 2. The van der Waals surface area contributed by atoms with Crippen molar-refractivity contribution in [2.75, 3.05) is 53.5 Å². The monoisotopic (exact) mass is 465 g/mol. The number of carbonyl (C=O) groups excluding carboxylic acids is 2. The van der Waals surface area contributed by atoms with Gasteiger partial charge in [0, 0.05) is 58.3 Å². The molecule has 0 spiro atoms. The number of rotatable bonds is 5. The van der Waals surface area contributed by atoms with Gasteiger partial charge in [0.15, 0.2) is 0 Å². The summed E-state index contributed by atoms with van der Waals surface area (Å²) in [5.74, 6) is 1.80. The summed E-state index contributed by atoms with van der Waals surface area (Å²) in [6, 6.07) is 0.350. The topological polar surface area (TPSA) is 95.2 Å². The van der Waals surface area contributed by atoms with Gasteiger partial charge < -0.3 is 19.3 Å². The zero-order valence-corrected chi connectivity index (χ0v) is 20.4. The summed E-state index contributed by atoms with van der Waals surface area (Å²) >= 11 is 0. The first-order valence-electron chi connectivity index (χ1n) is 12.9. The lowest BCUT2D eigenvalue weighted by atomic mass is 9.78. The maximum Gasteiger partial charge on any atom is 0.409 e. The number of amides is 2. The molecule has 9 heteroatoms. The molecule has 2 heterocycles. The Morgan fingerprint density at radius 3 is 2.15 bits per heavy atom. The fourth-order valence-corrected chi connectivity index (χ4v) is 6.23. The quantitative estimate of drug-likeness (QED) is 0.564. The summed E-state index contributed by atoms with van der Waals surface area (Å²) in [6.45, 7) is 4.40. The Balaban J connectivity index is 1.18. The van der Waals surface area contributed by atoms with E-state index in [0.29, 0.717) is 44.2 Å².